The molecule has 1 aliphatic heterocycles. The predicted octanol–water partition coefficient (Wildman–Crippen LogP) is 2.77. The molecule has 0 radical (unpaired) electrons. The van der Waals surface area contributed by atoms with Crippen molar-refractivity contribution in [2.75, 3.05) is 18.4 Å². The van der Waals surface area contributed by atoms with Crippen LogP contribution in [0.15, 0.2) is 30.6 Å². The monoisotopic (exact) mass is 333 g/mol. The van der Waals surface area contributed by atoms with Crippen molar-refractivity contribution in [1.82, 2.24) is 14.9 Å². The van der Waals surface area contributed by atoms with E-state index in [2.05, 4.69) is 27.1 Å². The van der Waals surface area contributed by atoms with Crippen LogP contribution in [0.4, 0.5) is 10.1 Å². The molecule has 7 nitrogen and oxygen atoms in total. The third kappa shape index (κ3) is 4.02. The first-order valence-electron chi connectivity index (χ1n) is 7.61. The highest BCUT2D eigenvalue weighted by molar-refractivity contribution is 7.18. The molecular weight excluding hydrogens is 314 g/mol. The van der Waals surface area contributed by atoms with Crippen LogP contribution in [-0.2, 0) is 6.54 Å². The zero-order valence-electron chi connectivity index (χ0n) is 12.9. The minimum Gasteiger partial charge on any atom is -0.358 e. The molecule has 0 saturated carbocycles. The number of hydrogen-bond acceptors (Lipinski definition) is 7. The number of nitrogens with one attached hydrogen (secondary N) is 1. The first-order chi connectivity index (χ1) is 11.1. The number of anilines is 1. The second-order valence-electron chi connectivity index (χ2n) is 5.83. The fourth-order valence-electron chi connectivity index (χ4n) is 2.89. The Morgan fingerprint density at radius 2 is 2.35 bits per heavy atom. The van der Waals surface area contributed by atoms with E-state index < -0.39 is 4.92 Å². The molecule has 0 aliphatic carbocycles. The summed E-state index contributed by atoms with van der Waals surface area (Å²) in [5, 5.41) is 14.8. The number of nitrogens with zero attached hydrogens (tertiary/aromatic N) is 4. The van der Waals surface area contributed by atoms with Crippen LogP contribution in [0.3, 0.4) is 0 Å². The number of thiazole rings is 1. The van der Waals surface area contributed by atoms with Crippen molar-refractivity contribution in [3.05, 3.63) is 46.4 Å². The lowest BCUT2D eigenvalue weighted by Gasteiger charge is -2.37. The smallest absolute Gasteiger partial charge is 0.345 e. The van der Waals surface area contributed by atoms with E-state index in [-0.39, 0.29) is 5.00 Å². The highest BCUT2D eigenvalue weighted by atomic mass is 32.1. The Balaban J connectivity index is 1.55. The van der Waals surface area contributed by atoms with E-state index in [1.807, 2.05) is 24.4 Å². The lowest BCUT2D eigenvalue weighted by molar-refractivity contribution is -0.380. The SMILES string of the molecule is C[C@H]1CN(Cc2ccccn2)CC[C@@H]1Nc1ncc([N+](=O)[O-])s1. The van der Waals surface area contributed by atoms with Gasteiger partial charge in [0.2, 0.25) is 0 Å². The second-order valence-corrected chi connectivity index (χ2v) is 6.84. The van der Waals surface area contributed by atoms with Gasteiger partial charge in [-0.1, -0.05) is 13.0 Å². The molecule has 3 heterocycles. The van der Waals surface area contributed by atoms with Crippen molar-refractivity contribution in [3.8, 4) is 0 Å². The van der Waals surface area contributed by atoms with Crippen molar-refractivity contribution in [2.24, 2.45) is 5.92 Å². The van der Waals surface area contributed by atoms with Gasteiger partial charge in [-0.15, -0.1) is 0 Å². The molecule has 2 aromatic rings. The number of rotatable bonds is 5. The molecule has 0 spiro atoms. The van der Waals surface area contributed by atoms with Gasteiger partial charge in [-0.05, 0) is 35.8 Å². The number of nitro groups is 1. The second kappa shape index (κ2) is 7.01. The van der Waals surface area contributed by atoms with E-state index in [0.29, 0.717) is 17.1 Å². The van der Waals surface area contributed by atoms with Crippen molar-refractivity contribution < 1.29 is 4.92 Å². The lowest BCUT2D eigenvalue weighted by Crippen LogP contribution is -2.44. The minimum atomic E-state index is -0.401. The summed E-state index contributed by atoms with van der Waals surface area (Å²) in [5.41, 5.74) is 1.08. The molecule has 1 saturated heterocycles. The summed E-state index contributed by atoms with van der Waals surface area (Å²) >= 11 is 1.10. The predicted molar refractivity (Wildman–Crippen MR) is 89.5 cm³/mol. The topological polar surface area (TPSA) is 84.2 Å². The van der Waals surface area contributed by atoms with E-state index in [1.54, 1.807) is 0 Å². The molecule has 1 N–H and O–H groups in total. The van der Waals surface area contributed by atoms with E-state index in [0.717, 1.165) is 43.1 Å². The van der Waals surface area contributed by atoms with E-state index in [1.165, 1.54) is 6.20 Å². The summed E-state index contributed by atoms with van der Waals surface area (Å²) in [6, 6.07) is 6.27. The molecule has 0 unspecified atom stereocenters. The Labute approximate surface area is 138 Å². The van der Waals surface area contributed by atoms with Gasteiger partial charge in [0.15, 0.2) is 5.13 Å². The molecule has 3 rings (SSSR count). The van der Waals surface area contributed by atoms with Gasteiger partial charge in [-0.3, -0.25) is 20.0 Å². The zero-order valence-corrected chi connectivity index (χ0v) is 13.7. The average molecular weight is 333 g/mol. The highest BCUT2D eigenvalue weighted by Crippen LogP contribution is 2.28. The maximum absolute atomic E-state index is 10.7. The number of hydrogen-bond donors (Lipinski definition) is 1. The maximum Gasteiger partial charge on any atom is 0.345 e. The van der Waals surface area contributed by atoms with Crippen molar-refractivity contribution >= 4 is 21.5 Å². The normalized spacial score (nSPS) is 22.0. The molecule has 0 aromatic carbocycles. The van der Waals surface area contributed by atoms with Crippen LogP contribution in [0.1, 0.15) is 19.0 Å². The third-order valence-electron chi connectivity index (χ3n) is 4.08. The van der Waals surface area contributed by atoms with Crippen LogP contribution in [0.5, 0.6) is 0 Å². The molecule has 2 atom stereocenters. The van der Waals surface area contributed by atoms with E-state index >= 15 is 0 Å². The Bertz CT molecular complexity index is 663. The molecule has 23 heavy (non-hydrogen) atoms. The Morgan fingerprint density at radius 3 is 3.00 bits per heavy atom. The fraction of sp³-hybridized carbons (Fsp3) is 0.467. The number of likely N-dealkylation sites (tertiary alicyclic amines) is 1. The minimum absolute atomic E-state index is 0.0766. The van der Waals surface area contributed by atoms with Gasteiger partial charge >= 0.3 is 5.00 Å². The lowest BCUT2D eigenvalue weighted by atomic mass is 9.94. The van der Waals surface area contributed by atoms with Crippen LogP contribution < -0.4 is 5.32 Å². The summed E-state index contributed by atoms with van der Waals surface area (Å²) < 4.78 is 0. The number of pyridine rings is 1. The Kier molecular flexibility index (Phi) is 4.82. The molecular formula is C15H19N5O2S. The largest absolute Gasteiger partial charge is 0.358 e. The highest BCUT2D eigenvalue weighted by Gasteiger charge is 2.27. The van der Waals surface area contributed by atoms with Crippen molar-refractivity contribution in [1.29, 1.82) is 0 Å². The first-order valence-corrected chi connectivity index (χ1v) is 8.42. The van der Waals surface area contributed by atoms with Gasteiger partial charge in [-0.25, -0.2) is 4.98 Å². The summed E-state index contributed by atoms with van der Waals surface area (Å²) in [6.07, 6.45) is 4.12. The number of aromatic nitrogens is 2. The Hall–Kier alpha value is -2.06. The van der Waals surface area contributed by atoms with Crippen LogP contribution in [0.25, 0.3) is 0 Å². The molecule has 1 fully saturated rings. The van der Waals surface area contributed by atoms with Crippen molar-refractivity contribution in [2.45, 2.75) is 25.9 Å². The molecule has 1 aliphatic rings. The van der Waals surface area contributed by atoms with E-state index in [9.17, 15) is 10.1 Å². The standard InChI is InChI=1S/C15H19N5O2S/c1-11-9-19(10-12-4-2-3-6-16-12)7-5-13(11)18-15-17-8-14(23-15)20(21)22/h2-4,6,8,11,13H,5,7,9-10H2,1H3,(H,17,18)/t11-,13-/m0/s1. The molecule has 2 aromatic heterocycles. The number of piperidine rings is 1. The van der Waals surface area contributed by atoms with Gasteiger partial charge < -0.3 is 5.32 Å². The van der Waals surface area contributed by atoms with Gasteiger partial charge in [0, 0.05) is 31.9 Å². The quantitative estimate of drug-likeness (QED) is 0.669. The van der Waals surface area contributed by atoms with Gasteiger partial charge in [0.1, 0.15) is 6.20 Å². The molecule has 8 heteroatoms. The van der Waals surface area contributed by atoms with Crippen LogP contribution >= 0.6 is 11.3 Å². The average Bonchev–Trinajstić information content (AvgIpc) is 3.00. The van der Waals surface area contributed by atoms with Crippen molar-refractivity contribution in [3.63, 3.8) is 0 Å². The van der Waals surface area contributed by atoms with Crippen LogP contribution in [0, 0.1) is 16.0 Å². The Morgan fingerprint density at radius 1 is 1.48 bits per heavy atom. The van der Waals surface area contributed by atoms with Crippen LogP contribution in [0.2, 0.25) is 0 Å². The summed E-state index contributed by atoms with van der Waals surface area (Å²) in [5.74, 6) is 0.440. The summed E-state index contributed by atoms with van der Waals surface area (Å²) in [6.45, 7) is 5.01. The molecule has 122 valence electrons. The third-order valence-corrected chi connectivity index (χ3v) is 4.96. The van der Waals surface area contributed by atoms with E-state index in [4.69, 9.17) is 0 Å². The van der Waals surface area contributed by atoms with Gasteiger partial charge in [0.25, 0.3) is 0 Å². The van der Waals surface area contributed by atoms with Gasteiger partial charge in [0.05, 0.1) is 10.6 Å². The summed E-state index contributed by atoms with van der Waals surface area (Å²) in [4.78, 5) is 21.2. The zero-order chi connectivity index (χ0) is 16.2. The fourth-order valence-corrected chi connectivity index (χ4v) is 3.58. The molecule has 0 amide bonds. The van der Waals surface area contributed by atoms with Gasteiger partial charge in [-0.2, -0.15) is 0 Å². The van der Waals surface area contributed by atoms with Crippen LogP contribution in [-0.4, -0.2) is 38.9 Å². The summed E-state index contributed by atoms with van der Waals surface area (Å²) in [7, 11) is 0. The maximum atomic E-state index is 10.7. The molecule has 0 bridgehead atoms. The first kappa shape index (κ1) is 15.8.